The number of hydrazone groups is 1. The SMILES string of the molecule is Cc1ccc(CSC2=NN3C(=c4ccccc4=N[C@@H]3c3c(F)cccc3Cl)C(=O)N2)cc1. The fraction of sp³-hybridized carbons (Fsp3) is 0.125. The van der Waals surface area contributed by atoms with Gasteiger partial charge in [-0.1, -0.05) is 77.5 Å². The molecule has 2 aliphatic heterocycles. The largest absolute Gasteiger partial charge is 0.298 e. The van der Waals surface area contributed by atoms with Gasteiger partial charge in [-0.15, -0.1) is 5.10 Å². The van der Waals surface area contributed by atoms with Gasteiger partial charge >= 0.3 is 0 Å². The monoisotopic (exact) mass is 464 g/mol. The Balaban J connectivity index is 1.59. The molecule has 2 heterocycles. The molecule has 1 atom stereocenters. The summed E-state index contributed by atoms with van der Waals surface area (Å²) in [5, 5.41) is 10.9. The van der Waals surface area contributed by atoms with E-state index in [1.165, 1.54) is 34.5 Å². The van der Waals surface area contributed by atoms with E-state index in [0.29, 0.717) is 27.2 Å². The van der Waals surface area contributed by atoms with Crippen molar-refractivity contribution in [3.05, 3.63) is 105 Å². The summed E-state index contributed by atoms with van der Waals surface area (Å²) in [4.78, 5) is 17.9. The average Bonchev–Trinajstić information content (AvgIpc) is 2.78. The number of amides is 1. The van der Waals surface area contributed by atoms with E-state index in [4.69, 9.17) is 16.6 Å². The maximum atomic E-state index is 14.8. The van der Waals surface area contributed by atoms with Crippen LogP contribution in [0.25, 0.3) is 5.70 Å². The Morgan fingerprint density at radius 2 is 1.88 bits per heavy atom. The second kappa shape index (κ2) is 8.41. The number of thioether (sulfide) groups is 1. The summed E-state index contributed by atoms with van der Waals surface area (Å²) in [5.41, 5.74) is 2.79. The van der Waals surface area contributed by atoms with Crippen LogP contribution in [-0.2, 0) is 10.5 Å². The molecule has 3 aromatic rings. The third-order valence-corrected chi connectivity index (χ3v) is 6.53. The van der Waals surface area contributed by atoms with Gasteiger partial charge in [0.05, 0.1) is 15.9 Å². The van der Waals surface area contributed by atoms with Gasteiger partial charge in [0.15, 0.2) is 11.3 Å². The van der Waals surface area contributed by atoms with E-state index in [-0.39, 0.29) is 16.5 Å². The molecule has 1 amide bonds. The molecule has 32 heavy (non-hydrogen) atoms. The smallest absolute Gasteiger partial charge is 0.276 e. The third kappa shape index (κ3) is 3.78. The minimum atomic E-state index is -0.894. The Morgan fingerprint density at radius 3 is 2.66 bits per heavy atom. The molecule has 5 nitrogen and oxygen atoms in total. The summed E-state index contributed by atoms with van der Waals surface area (Å²) >= 11 is 7.76. The summed E-state index contributed by atoms with van der Waals surface area (Å²) in [6, 6.07) is 19.9. The molecular formula is C24H18ClFN4OS. The zero-order valence-corrected chi connectivity index (χ0v) is 18.6. The zero-order valence-electron chi connectivity index (χ0n) is 17.0. The quantitative estimate of drug-likeness (QED) is 0.640. The lowest BCUT2D eigenvalue weighted by Crippen LogP contribution is -2.50. The molecular weight excluding hydrogens is 447 g/mol. The second-order valence-corrected chi connectivity index (χ2v) is 8.85. The first-order chi connectivity index (χ1) is 15.5. The lowest BCUT2D eigenvalue weighted by atomic mass is 10.1. The summed E-state index contributed by atoms with van der Waals surface area (Å²) in [6.07, 6.45) is -0.894. The van der Waals surface area contributed by atoms with Gasteiger partial charge in [-0.25, -0.2) is 9.40 Å². The lowest BCUT2D eigenvalue weighted by molar-refractivity contribution is -0.116. The van der Waals surface area contributed by atoms with Gasteiger partial charge < -0.3 is 0 Å². The van der Waals surface area contributed by atoms with Crippen LogP contribution in [0, 0.1) is 12.7 Å². The number of carbonyl (C=O) groups is 1. The van der Waals surface area contributed by atoms with Crippen molar-refractivity contribution in [2.24, 2.45) is 10.1 Å². The van der Waals surface area contributed by atoms with Crippen LogP contribution in [-0.4, -0.2) is 16.1 Å². The first-order valence-electron chi connectivity index (χ1n) is 10.00. The van der Waals surface area contributed by atoms with Crippen LogP contribution in [0.15, 0.2) is 76.8 Å². The maximum absolute atomic E-state index is 14.8. The van der Waals surface area contributed by atoms with Crippen molar-refractivity contribution in [1.29, 1.82) is 0 Å². The number of hydrogen-bond acceptors (Lipinski definition) is 5. The highest BCUT2D eigenvalue weighted by atomic mass is 35.5. The molecule has 1 N–H and O–H groups in total. The molecule has 0 spiro atoms. The molecule has 0 aromatic heterocycles. The Morgan fingerprint density at radius 1 is 1.09 bits per heavy atom. The summed E-state index contributed by atoms with van der Waals surface area (Å²) in [5.74, 6) is -0.187. The number of halogens is 2. The summed E-state index contributed by atoms with van der Waals surface area (Å²) in [6.45, 7) is 2.03. The van der Waals surface area contributed by atoms with E-state index >= 15 is 0 Å². The second-order valence-electron chi connectivity index (χ2n) is 7.48. The van der Waals surface area contributed by atoms with E-state index in [1.807, 2.05) is 43.3 Å². The molecule has 0 saturated heterocycles. The standard InChI is InChI=1S/C24H18ClFN4OS/c1-14-9-11-15(12-10-14)13-32-24-28-23(31)21-16-5-2-3-8-19(16)27-22(30(21)29-24)20-17(25)6-4-7-18(20)26/h2-12,22H,13H2,1H3,(H,28,29,31)/t22-/m0/s1. The highest BCUT2D eigenvalue weighted by Gasteiger charge is 2.36. The van der Waals surface area contributed by atoms with E-state index < -0.39 is 12.0 Å². The molecule has 0 saturated carbocycles. The van der Waals surface area contributed by atoms with Gasteiger partial charge in [0.25, 0.3) is 5.91 Å². The van der Waals surface area contributed by atoms with Crippen molar-refractivity contribution in [2.75, 3.05) is 0 Å². The number of para-hydroxylation sites is 1. The maximum Gasteiger partial charge on any atom is 0.276 e. The molecule has 2 aliphatic rings. The van der Waals surface area contributed by atoms with Crippen LogP contribution in [0.5, 0.6) is 0 Å². The summed E-state index contributed by atoms with van der Waals surface area (Å²) in [7, 11) is 0. The van der Waals surface area contributed by atoms with Crippen LogP contribution in [0.1, 0.15) is 22.9 Å². The first kappa shape index (κ1) is 20.7. The minimum absolute atomic E-state index is 0.183. The number of benzene rings is 3. The molecule has 0 bridgehead atoms. The first-order valence-corrected chi connectivity index (χ1v) is 11.4. The lowest BCUT2D eigenvalue weighted by Gasteiger charge is -2.34. The molecule has 0 radical (unpaired) electrons. The van der Waals surface area contributed by atoms with E-state index in [1.54, 1.807) is 18.2 Å². The Hall–Kier alpha value is -3.16. The van der Waals surface area contributed by atoms with Gasteiger partial charge in [-0.3, -0.25) is 15.1 Å². The number of carbonyl (C=O) groups excluding carboxylic acids is 1. The summed E-state index contributed by atoms with van der Waals surface area (Å²) < 4.78 is 14.8. The van der Waals surface area contributed by atoms with Crippen molar-refractivity contribution in [1.82, 2.24) is 10.3 Å². The molecule has 0 aliphatic carbocycles. The van der Waals surface area contributed by atoms with Gasteiger partial charge in [-0.05, 0) is 30.7 Å². The number of amidine groups is 1. The van der Waals surface area contributed by atoms with Crippen LogP contribution in [0.3, 0.4) is 0 Å². The van der Waals surface area contributed by atoms with Gasteiger partial charge in [-0.2, -0.15) is 0 Å². The van der Waals surface area contributed by atoms with Crippen LogP contribution < -0.4 is 15.9 Å². The number of hydrogen-bond donors (Lipinski definition) is 1. The number of nitrogens with zero attached hydrogens (tertiary/aromatic N) is 3. The molecule has 3 aromatic carbocycles. The van der Waals surface area contributed by atoms with Crippen molar-refractivity contribution >= 4 is 40.1 Å². The van der Waals surface area contributed by atoms with Crippen molar-refractivity contribution in [3.63, 3.8) is 0 Å². The number of fused-ring (bicyclic) bond motifs is 2. The van der Waals surface area contributed by atoms with E-state index in [9.17, 15) is 9.18 Å². The van der Waals surface area contributed by atoms with Crippen LogP contribution in [0.2, 0.25) is 5.02 Å². The normalized spacial score (nSPS) is 17.2. The molecule has 5 rings (SSSR count). The Labute approximate surface area is 193 Å². The number of nitrogens with one attached hydrogen (secondary N) is 1. The number of rotatable bonds is 3. The zero-order chi connectivity index (χ0) is 22.2. The van der Waals surface area contributed by atoms with Crippen LogP contribution in [0.4, 0.5) is 4.39 Å². The molecule has 0 fully saturated rings. The van der Waals surface area contributed by atoms with Crippen molar-refractivity contribution in [2.45, 2.75) is 18.8 Å². The molecule has 8 heteroatoms. The van der Waals surface area contributed by atoms with Gasteiger partial charge in [0.1, 0.15) is 11.5 Å². The highest BCUT2D eigenvalue weighted by molar-refractivity contribution is 8.13. The Bertz CT molecular complexity index is 1350. The van der Waals surface area contributed by atoms with Crippen LogP contribution >= 0.6 is 23.4 Å². The predicted molar refractivity (Wildman–Crippen MR) is 125 cm³/mol. The van der Waals surface area contributed by atoms with Crippen molar-refractivity contribution in [3.8, 4) is 0 Å². The van der Waals surface area contributed by atoms with E-state index in [2.05, 4.69) is 10.4 Å². The fourth-order valence-electron chi connectivity index (χ4n) is 3.67. The van der Waals surface area contributed by atoms with Gasteiger partial charge in [0, 0.05) is 11.0 Å². The number of aryl methyl sites for hydroxylation is 1. The fourth-order valence-corrected chi connectivity index (χ4v) is 4.74. The predicted octanol–water partition coefficient (Wildman–Crippen LogP) is 3.86. The Kier molecular flexibility index (Phi) is 5.45. The topological polar surface area (TPSA) is 57.1 Å². The van der Waals surface area contributed by atoms with Gasteiger partial charge in [0.2, 0.25) is 0 Å². The van der Waals surface area contributed by atoms with E-state index in [0.717, 1.165) is 5.56 Å². The van der Waals surface area contributed by atoms with Crippen molar-refractivity contribution < 1.29 is 9.18 Å². The third-order valence-electron chi connectivity index (χ3n) is 5.27. The highest BCUT2D eigenvalue weighted by Crippen LogP contribution is 2.36. The molecule has 160 valence electrons. The molecule has 0 unspecified atom stereocenters. The average molecular weight is 465 g/mol. The minimum Gasteiger partial charge on any atom is -0.298 e.